The third kappa shape index (κ3) is 5.84. The van der Waals surface area contributed by atoms with E-state index in [1.54, 1.807) is 11.3 Å². The zero-order valence-corrected chi connectivity index (χ0v) is 20.1. The highest BCUT2D eigenvalue weighted by molar-refractivity contribution is 14.0. The first-order valence-corrected chi connectivity index (χ1v) is 11.6. The van der Waals surface area contributed by atoms with Crippen LogP contribution >= 0.6 is 35.3 Å². The molecule has 1 aliphatic rings. The van der Waals surface area contributed by atoms with Gasteiger partial charge in [-0.05, 0) is 44.0 Å². The number of para-hydroxylation sites is 1. The highest BCUT2D eigenvalue weighted by Gasteiger charge is 2.28. The van der Waals surface area contributed by atoms with E-state index >= 15 is 0 Å². The first kappa shape index (κ1) is 23.0. The Labute approximate surface area is 188 Å². The molecule has 154 valence electrons. The molecule has 1 aromatic heterocycles. The van der Waals surface area contributed by atoms with E-state index in [2.05, 4.69) is 34.7 Å². The summed E-state index contributed by atoms with van der Waals surface area (Å²) >= 11 is 1.72. The van der Waals surface area contributed by atoms with Crippen molar-refractivity contribution in [1.82, 2.24) is 10.6 Å². The Morgan fingerprint density at radius 1 is 1.21 bits per heavy atom. The van der Waals surface area contributed by atoms with Gasteiger partial charge in [0, 0.05) is 29.4 Å². The van der Waals surface area contributed by atoms with Gasteiger partial charge < -0.3 is 10.6 Å². The number of halogens is 1. The molecule has 0 unspecified atom stereocenters. The molecule has 0 atom stereocenters. The van der Waals surface area contributed by atoms with Crippen LogP contribution in [0.2, 0.25) is 0 Å². The fourth-order valence-electron chi connectivity index (χ4n) is 3.07. The van der Waals surface area contributed by atoms with Crippen molar-refractivity contribution in [3.8, 4) is 0 Å². The number of fused-ring (bicyclic) bond motifs is 1. The fraction of sp³-hybridized carbons (Fsp3) is 0.421. The van der Waals surface area contributed by atoms with Crippen molar-refractivity contribution < 1.29 is 8.42 Å². The molecule has 0 radical (unpaired) electrons. The van der Waals surface area contributed by atoms with Crippen molar-refractivity contribution in [1.29, 1.82) is 0 Å². The second-order valence-corrected chi connectivity index (χ2v) is 9.79. The number of anilines is 1. The number of sulfonamides is 1. The second kappa shape index (κ2) is 10.4. The first-order valence-electron chi connectivity index (χ1n) is 9.15. The van der Waals surface area contributed by atoms with Crippen molar-refractivity contribution >= 4 is 57.0 Å². The number of aliphatic imine (C=N–C) groups is 1. The molecule has 0 fully saturated rings. The van der Waals surface area contributed by atoms with E-state index in [-0.39, 0.29) is 29.7 Å². The van der Waals surface area contributed by atoms with Gasteiger partial charge in [0.15, 0.2) is 5.96 Å². The summed E-state index contributed by atoms with van der Waals surface area (Å²) in [5, 5.41) is 6.31. The average Bonchev–Trinajstić information content (AvgIpc) is 3.26. The average molecular weight is 534 g/mol. The lowest BCUT2D eigenvalue weighted by Gasteiger charge is -2.20. The van der Waals surface area contributed by atoms with Crippen molar-refractivity contribution in [2.75, 3.05) is 29.7 Å². The molecule has 0 aliphatic carbocycles. The summed E-state index contributed by atoms with van der Waals surface area (Å²) in [5.41, 5.74) is 1.90. The molecule has 2 aromatic rings. The molecule has 6 nitrogen and oxygen atoms in total. The third-order valence-electron chi connectivity index (χ3n) is 4.37. The van der Waals surface area contributed by atoms with Crippen molar-refractivity contribution in [3.05, 3.63) is 51.7 Å². The summed E-state index contributed by atoms with van der Waals surface area (Å²) in [4.78, 5) is 6.99. The Kier molecular flexibility index (Phi) is 8.56. The molecular weight excluding hydrogens is 507 g/mol. The van der Waals surface area contributed by atoms with E-state index in [0.29, 0.717) is 25.6 Å². The molecule has 9 heteroatoms. The fourth-order valence-corrected chi connectivity index (χ4v) is 5.32. The Balaban J connectivity index is 0.00000280. The van der Waals surface area contributed by atoms with Gasteiger partial charge in [-0.3, -0.25) is 4.31 Å². The number of guanidine groups is 1. The van der Waals surface area contributed by atoms with Crippen LogP contribution in [0.3, 0.4) is 0 Å². The van der Waals surface area contributed by atoms with E-state index in [0.717, 1.165) is 24.2 Å². The number of thiophene rings is 1. The maximum atomic E-state index is 12.7. The lowest BCUT2D eigenvalue weighted by molar-refractivity contribution is 0.591. The molecule has 0 saturated heterocycles. The van der Waals surface area contributed by atoms with Crippen molar-refractivity contribution in [2.24, 2.45) is 4.99 Å². The number of hydrogen-bond donors (Lipinski definition) is 2. The first-order chi connectivity index (χ1) is 13.0. The quantitative estimate of drug-likeness (QED) is 0.325. The maximum absolute atomic E-state index is 12.7. The minimum Gasteiger partial charge on any atom is -0.357 e. The van der Waals surface area contributed by atoms with Crippen LogP contribution in [0.4, 0.5) is 5.69 Å². The van der Waals surface area contributed by atoms with Gasteiger partial charge in [-0.1, -0.05) is 18.2 Å². The highest BCUT2D eigenvalue weighted by atomic mass is 127. The zero-order chi connectivity index (χ0) is 19.3. The Morgan fingerprint density at radius 3 is 2.71 bits per heavy atom. The number of nitrogens with one attached hydrogen (secondary N) is 2. The van der Waals surface area contributed by atoms with Gasteiger partial charge in [-0.15, -0.1) is 35.3 Å². The summed E-state index contributed by atoms with van der Waals surface area (Å²) in [5.74, 6) is 0.671. The molecular formula is C19H27IN4O2S2. The molecule has 3 rings (SSSR count). The normalized spacial score (nSPS) is 13.8. The SMILES string of the molecule is CCNC(=NCc1ccc(C)s1)NCCS(=O)(=O)N1CCc2ccccc21.I. The summed E-state index contributed by atoms with van der Waals surface area (Å²) < 4.78 is 27.0. The van der Waals surface area contributed by atoms with Crippen LogP contribution in [-0.2, 0) is 23.0 Å². The van der Waals surface area contributed by atoms with Gasteiger partial charge in [0.05, 0.1) is 18.0 Å². The van der Waals surface area contributed by atoms with Gasteiger partial charge in [-0.2, -0.15) is 0 Å². The number of nitrogens with zero attached hydrogens (tertiary/aromatic N) is 2. The van der Waals surface area contributed by atoms with Gasteiger partial charge in [0.2, 0.25) is 10.0 Å². The van der Waals surface area contributed by atoms with Crippen LogP contribution in [0.1, 0.15) is 22.2 Å². The second-order valence-electron chi connectivity index (χ2n) is 6.40. The summed E-state index contributed by atoms with van der Waals surface area (Å²) in [7, 11) is -3.36. The van der Waals surface area contributed by atoms with Crippen LogP contribution in [0, 0.1) is 6.92 Å². The largest absolute Gasteiger partial charge is 0.357 e. The Hall–Kier alpha value is -1.33. The van der Waals surface area contributed by atoms with Crippen LogP contribution in [0.15, 0.2) is 41.4 Å². The molecule has 2 heterocycles. The van der Waals surface area contributed by atoms with E-state index in [9.17, 15) is 8.42 Å². The molecule has 0 saturated carbocycles. The molecule has 1 aliphatic heterocycles. The minimum absolute atomic E-state index is 0. The number of benzene rings is 1. The van der Waals surface area contributed by atoms with E-state index in [1.165, 1.54) is 14.1 Å². The molecule has 2 N–H and O–H groups in total. The molecule has 0 spiro atoms. The smallest absolute Gasteiger partial charge is 0.236 e. The van der Waals surface area contributed by atoms with E-state index in [1.807, 2.05) is 31.2 Å². The number of aryl methyl sites for hydroxylation is 1. The summed E-state index contributed by atoms with van der Waals surface area (Å²) in [6, 6.07) is 11.9. The summed E-state index contributed by atoms with van der Waals surface area (Å²) in [6.45, 7) is 6.21. The highest BCUT2D eigenvalue weighted by Crippen LogP contribution is 2.29. The zero-order valence-electron chi connectivity index (χ0n) is 16.1. The standard InChI is InChI=1S/C19H26N4O2S2.HI/c1-3-20-19(22-14-17-9-8-15(2)26-17)21-11-13-27(24,25)23-12-10-16-6-4-5-7-18(16)23;/h4-9H,3,10-14H2,1-2H3,(H2,20,21,22);1H. The topological polar surface area (TPSA) is 73.8 Å². The monoisotopic (exact) mass is 534 g/mol. The lowest BCUT2D eigenvalue weighted by atomic mass is 10.2. The van der Waals surface area contributed by atoms with E-state index in [4.69, 9.17) is 0 Å². The van der Waals surface area contributed by atoms with Crippen LogP contribution in [0.25, 0.3) is 0 Å². The molecule has 28 heavy (non-hydrogen) atoms. The van der Waals surface area contributed by atoms with Gasteiger partial charge in [0.1, 0.15) is 0 Å². The van der Waals surface area contributed by atoms with Crippen LogP contribution in [0.5, 0.6) is 0 Å². The lowest BCUT2D eigenvalue weighted by Crippen LogP contribution is -2.42. The van der Waals surface area contributed by atoms with Crippen molar-refractivity contribution in [2.45, 2.75) is 26.8 Å². The van der Waals surface area contributed by atoms with Crippen molar-refractivity contribution in [3.63, 3.8) is 0 Å². The van der Waals surface area contributed by atoms with Gasteiger partial charge >= 0.3 is 0 Å². The predicted octanol–water partition coefficient (Wildman–Crippen LogP) is 3.12. The number of hydrogen-bond acceptors (Lipinski definition) is 4. The minimum atomic E-state index is -3.36. The third-order valence-corrected chi connectivity index (χ3v) is 7.12. The number of rotatable bonds is 7. The van der Waals surface area contributed by atoms with Gasteiger partial charge in [0.25, 0.3) is 0 Å². The van der Waals surface area contributed by atoms with Crippen LogP contribution < -0.4 is 14.9 Å². The Morgan fingerprint density at radius 2 is 2.00 bits per heavy atom. The maximum Gasteiger partial charge on any atom is 0.236 e. The van der Waals surface area contributed by atoms with E-state index < -0.39 is 10.0 Å². The Bertz CT molecular complexity index is 912. The molecule has 1 aromatic carbocycles. The van der Waals surface area contributed by atoms with Crippen LogP contribution in [-0.4, -0.2) is 39.8 Å². The molecule has 0 amide bonds. The summed E-state index contributed by atoms with van der Waals surface area (Å²) in [6.07, 6.45) is 0.771. The predicted molar refractivity (Wildman–Crippen MR) is 129 cm³/mol. The van der Waals surface area contributed by atoms with Gasteiger partial charge in [-0.25, -0.2) is 13.4 Å². The molecule has 0 bridgehead atoms.